The number of rotatable bonds is 3. The monoisotopic (exact) mass is 271 g/mol. The maximum absolute atomic E-state index is 6.34. The molecule has 1 atom stereocenters. The molecule has 2 rings (SSSR count). The standard InChI is InChI=1S/C14H19Cl2N/c1-4-7-17-11-8-14(2,3)13-10(16)6-5-9(15)12(11)13/h5-6,11,17H,4,7-8H2,1-3H3. The third-order valence-corrected chi connectivity index (χ3v) is 4.17. The van der Waals surface area contributed by atoms with Crippen molar-refractivity contribution in [1.82, 2.24) is 5.32 Å². The molecule has 0 aromatic heterocycles. The summed E-state index contributed by atoms with van der Waals surface area (Å²) in [6.07, 6.45) is 2.19. The van der Waals surface area contributed by atoms with Crippen LogP contribution in [0, 0.1) is 0 Å². The summed E-state index contributed by atoms with van der Waals surface area (Å²) in [7, 11) is 0. The first kappa shape index (κ1) is 13.2. The van der Waals surface area contributed by atoms with Gasteiger partial charge in [-0.1, -0.05) is 44.0 Å². The molecule has 1 N–H and O–H groups in total. The number of benzene rings is 1. The highest BCUT2D eigenvalue weighted by molar-refractivity contribution is 6.34. The lowest BCUT2D eigenvalue weighted by Gasteiger charge is -2.20. The first-order valence-electron chi connectivity index (χ1n) is 6.19. The van der Waals surface area contributed by atoms with Gasteiger partial charge in [-0.3, -0.25) is 0 Å². The lowest BCUT2D eigenvalue weighted by atomic mass is 9.86. The summed E-state index contributed by atoms with van der Waals surface area (Å²) in [5.41, 5.74) is 2.53. The summed E-state index contributed by atoms with van der Waals surface area (Å²) < 4.78 is 0. The number of hydrogen-bond donors (Lipinski definition) is 1. The number of hydrogen-bond acceptors (Lipinski definition) is 1. The molecule has 0 saturated heterocycles. The van der Waals surface area contributed by atoms with Crippen LogP contribution in [0.15, 0.2) is 12.1 Å². The average Bonchev–Trinajstić information content (AvgIpc) is 2.54. The van der Waals surface area contributed by atoms with Crippen molar-refractivity contribution in [2.75, 3.05) is 6.54 Å². The summed E-state index contributed by atoms with van der Waals surface area (Å²) in [5, 5.41) is 5.25. The summed E-state index contributed by atoms with van der Waals surface area (Å²) in [4.78, 5) is 0. The zero-order chi connectivity index (χ0) is 12.6. The molecule has 0 aliphatic heterocycles. The van der Waals surface area contributed by atoms with E-state index in [0.717, 1.165) is 29.4 Å². The second-order valence-electron chi connectivity index (χ2n) is 5.41. The predicted octanol–water partition coefficient (Wildman–Crippen LogP) is 4.72. The van der Waals surface area contributed by atoms with Crippen LogP contribution in [0.2, 0.25) is 10.0 Å². The van der Waals surface area contributed by atoms with Gasteiger partial charge < -0.3 is 5.32 Å². The van der Waals surface area contributed by atoms with Crippen molar-refractivity contribution in [2.45, 2.75) is 45.1 Å². The van der Waals surface area contributed by atoms with Crippen molar-refractivity contribution < 1.29 is 0 Å². The smallest absolute Gasteiger partial charge is 0.0457 e. The van der Waals surface area contributed by atoms with E-state index in [1.807, 2.05) is 12.1 Å². The number of nitrogens with one attached hydrogen (secondary N) is 1. The molecule has 0 radical (unpaired) electrons. The highest BCUT2D eigenvalue weighted by Gasteiger charge is 2.39. The van der Waals surface area contributed by atoms with Crippen LogP contribution in [-0.4, -0.2) is 6.54 Å². The Hall–Kier alpha value is -0.240. The quantitative estimate of drug-likeness (QED) is 0.839. The second kappa shape index (κ2) is 4.79. The van der Waals surface area contributed by atoms with E-state index in [1.54, 1.807) is 0 Å². The number of halogens is 2. The fourth-order valence-corrected chi connectivity index (χ4v) is 3.51. The van der Waals surface area contributed by atoms with Gasteiger partial charge in [-0.25, -0.2) is 0 Å². The van der Waals surface area contributed by atoms with Gasteiger partial charge in [0, 0.05) is 16.1 Å². The zero-order valence-electron chi connectivity index (χ0n) is 10.6. The summed E-state index contributed by atoms with van der Waals surface area (Å²) in [5.74, 6) is 0. The molecule has 0 heterocycles. The van der Waals surface area contributed by atoms with Crippen LogP contribution in [0.5, 0.6) is 0 Å². The molecule has 1 aliphatic carbocycles. The van der Waals surface area contributed by atoms with Crippen molar-refractivity contribution in [2.24, 2.45) is 0 Å². The Bertz CT molecular complexity index is 426. The predicted molar refractivity (Wildman–Crippen MR) is 75.1 cm³/mol. The molecule has 0 fully saturated rings. The van der Waals surface area contributed by atoms with E-state index in [-0.39, 0.29) is 5.41 Å². The first-order valence-corrected chi connectivity index (χ1v) is 6.94. The highest BCUT2D eigenvalue weighted by atomic mass is 35.5. The van der Waals surface area contributed by atoms with Crippen LogP contribution in [0.1, 0.15) is 50.8 Å². The topological polar surface area (TPSA) is 12.0 Å². The Labute approximate surface area is 114 Å². The Morgan fingerprint density at radius 1 is 1.29 bits per heavy atom. The fourth-order valence-electron chi connectivity index (χ4n) is 2.80. The molecule has 0 amide bonds. The third kappa shape index (κ3) is 2.33. The normalized spacial score (nSPS) is 21.6. The summed E-state index contributed by atoms with van der Waals surface area (Å²) >= 11 is 12.7. The van der Waals surface area contributed by atoms with Crippen molar-refractivity contribution in [1.29, 1.82) is 0 Å². The molecule has 1 aromatic rings. The van der Waals surface area contributed by atoms with Gasteiger partial charge in [0.2, 0.25) is 0 Å². The van der Waals surface area contributed by atoms with Crippen LogP contribution in [0.25, 0.3) is 0 Å². The molecule has 0 spiro atoms. The van der Waals surface area contributed by atoms with E-state index in [1.165, 1.54) is 11.1 Å². The maximum atomic E-state index is 6.34. The van der Waals surface area contributed by atoms with E-state index in [9.17, 15) is 0 Å². The van der Waals surface area contributed by atoms with Crippen LogP contribution >= 0.6 is 23.2 Å². The van der Waals surface area contributed by atoms with Crippen LogP contribution in [0.4, 0.5) is 0 Å². The molecule has 3 heteroatoms. The molecule has 1 unspecified atom stereocenters. The van der Waals surface area contributed by atoms with E-state index < -0.39 is 0 Å². The summed E-state index contributed by atoms with van der Waals surface area (Å²) in [6.45, 7) is 7.67. The van der Waals surface area contributed by atoms with Gasteiger partial charge in [0.1, 0.15) is 0 Å². The molecule has 0 saturated carbocycles. The minimum absolute atomic E-state index is 0.0999. The van der Waals surface area contributed by atoms with Crippen LogP contribution in [-0.2, 0) is 5.41 Å². The Balaban J connectivity index is 2.45. The lowest BCUT2D eigenvalue weighted by Crippen LogP contribution is -2.22. The van der Waals surface area contributed by atoms with Gasteiger partial charge in [-0.05, 0) is 48.1 Å². The van der Waals surface area contributed by atoms with Crippen molar-refractivity contribution >= 4 is 23.2 Å². The fraction of sp³-hybridized carbons (Fsp3) is 0.571. The molecule has 1 aliphatic rings. The molecule has 17 heavy (non-hydrogen) atoms. The van der Waals surface area contributed by atoms with Crippen LogP contribution < -0.4 is 5.32 Å². The van der Waals surface area contributed by atoms with Gasteiger partial charge in [-0.15, -0.1) is 0 Å². The van der Waals surface area contributed by atoms with E-state index >= 15 is 0 Å². The number of fused-ring (bicyclic) bond motifs is 1. The Kier molecular flexibility index (Phi) is 3.72. The molecule has 1 aromatic carbocycles. The van der Waals surface area contributed by atoms with E-state index in [4.69, 9.17) is 23.2 Å². The Morgan fingerprint density at radius 3 is 2.59 bits per heavy atom. The average molecular weight is 272 g/mol. The van der Waals surface area contributed by atoms with Gasteiger partial charge in [-0.2, -0.15) is 0 Å². The maximum Gasteiger partial charge on any atom is 0.0457 e. The van der Waals surface area contributed by atoms with Gasteiger partial charge in [0.15, 0.2) is 0 Å². The third-order valence-electron chi connectivity index (χ3n) is 3.52. The largest absolute Gasteiger partial charge is 0.310 e. The van der Waals surface area contributed by atoms with Crippen LogP contribution in [0.3, 0.4) is 0 Å². The molecule has 94 valence electrons. The first-order chi connectivity index (χ1) is 7.97. The van der Waals surface area contributed by atoms with Crippen molar-refractivity contribution in [3.63, 3.8) is 0 Å². The molecular formula is C14H19Cl2N. The van der Waals surface area contributed by atoms with Gasteiger partial charge >= 0.3 is 0 Å². The highest BCUT2D eigenvalue weighted by Crippen LogP contribution is 2.50. The second-order valence-corrected chi connectivity index (χ2v) is 6.23. The SMILES string of the molecule is CCCNC1CC(C)(C)c2c(Cl)ccc(Cl)c21. The van der Waals surface area contributed by atoms with Gasteiger partial charge in [0.25, 0.3) is 0 Å². The minimum Gasteiger partial charge on any atom is -0.310 e. The zero-order valence-corrected chi connectivity index (χ0v) is 12.1. The van der Waals surface area contributed by atoms with E-state index in [2.05, 4.69) is 26.1 Å². The molecule has 1 nitrogen and oxygen atoms in total. The minimum atomic E-state index is 0.0999. The van der Waals surface area contributed by atoms with Crippen molar-refractivity contribution in [3.8, 4) is 0 Å². The van der Waals surface area contributed by atoms with E-state index in [0.29, 0.717) is 6.04 Å². The lowest BCUT2D eigenvalue weighted by molar-refractivity contribution is 0.427. The summed E-state index contributed by atoms with van der Waals surface area (Å²) in [6, 6.07) is 4.16. The molecular weight excluding hydrogens is 253 g/mol. The van der Waals surface area contributed by atoms with Gasteiger partial charge in [0.05, 0.1) is 0 Å². The molecule has 0 bridgehead atoms. The Morgan fingerprint density at radius 2 is 1.94 bits per heavy atom. The van der Waals surface area contributed by atoms with Crippen molar-refractivity contribution in [3.05, 3.63) is 33.3 Å².